The minimum Gasteiger partial charge on any atom is -0.399 e. The van der Waals surface area contributed by atoms with Gasteiger partial charge in [0, 0.05) is 12.8 Å². The zero-order valence-electron chi connectivity index (χ0n) is 15.3. The van der Waals surface area contributed by atoms with E-state index in [9.17, 15) is 15.3 Å². The van der Waals surface area contributed by atoms with E-state index in [1.807, 2.05) is 6.92 Å². The van der Waals surface area contributed by atoms with Crippen molar-refractivity contribution in [3.63, 3.8) is 0 Å². The molecule has 1 fully saturated rings. The average Bonchev–Trinajstić information content (AvgIpc) is 2.61. The Labute approximate surface area is 154 Å². The molecule has 1 heterocycles. The van der Waals surface area contributed by atoms with Gasteiger partial charge in [0.2, 0.25) is 0 Å². The lowest BCUT2D eigenvalue weighted by Gasteiger charge is -2.36. The molecule has 10 heteroatoms. The summed E-state index contributed by atoms with van der Waals surface area (Å²) in [5, 5.41) is 30.2. The maximum Gasteiger partial charge on any atom is 0.111 e. The summed E-state index contributed by atoms with van der Waals surface area (Å²) < 4.78 is 21.3. The van der Waals surface area contributed by atoms with Crippen LogP contribution >= 0.6 is 0 Å². The van der Waals surface area contributed by atoms with Gasteiger partial charge in [-0.3, -0.25) is 0 Å². The molecular formula is C16H33N3O7. The van der Waals surface area contributed by atoms with Gasteiger partial charge in [-0.15, -0.1) is 0 Å². The monoisotopic (exact) mass is 379 g/mol. The minimum atomic E-state index is -1.26. The Morgan fingerprint density at radius 2 is 1.69 bits per heavy atom. The molecule has 1 saturated heterocycles. The second kappa shape index (κ2) is 13.2. The van der Waals surface area contributed by atoms with Crippen molar-refractivity contribution < 1.29 is 34.3 Å². The maximum atomic E-state index is 9.87. The first-order valence-corrected chi connectivity index (χ1v) is 8.82. The summed E-state index contributed by atoms with van der Waals surface area (Å²) in [5.74, 6) is 5.81. The van der Waals surface area contributed by atoms with Crippen molar-refractivity contribution in [2.24, 2.45) is 11.6 Å². The molecular weight excluding hydrogens is 346 g/mol. The van der Waals surface area contributed by atoms with E-state index in [2.05, 4.69) is 0 Å². The normalized spacial score (nSPS) is 26.9. The Balaban J connectivity index is 2.14. The highest BCUT2D eigenvalue weighted by atomic mass is 16.5. The lowest BCUT2D eigenvalue weighted by molar-refractivity contribution is -0.189. The first-order chi connectivity index (χ1) is 12.5. The molecule has 0 saturated carbocycles. The number of aliphatic hydroxyl groups is 3. The van der Waals surface area contributed by atoms with Crippen LogP contribution in [0.3, 0.4) is 0 Å². The summed E-state index contributed by atoms with van der Waals surface area (Å²) in [6.45, 7) is 4.92. The SMILES string of the molecule is CCCOCCOCCOC/C(N)=C/N(N)CC1OCC(O)C(O)C1O. The maximum absolute atomic E-state index is 9.87. The fourth-order valence-corrected chi connectivity index (χ4v) is 2.31. The molecule has 1 rings (SSSR count). The number of hydrogen-bond donors (Lipinski definition) is 5. The number of nitrogens with zero attached hydrogens (tertiary/aromatic N) is 1. The van der Waals surface area contributed by atoms with Gasteiger partial charge in [0.1, 0.15) is 24.4 Å². The molecule has 26 heavy (non-hydrogen) atoms. The first-order valence-electron chi connectivity index (χ1n) is 8.82. The third-order valence-electron chi connectivity index (χ3n) is 3.69. The molecule has 0 aromatic heterocycles. The van der Waals surface area contributed by atoms with E-state index in [-0.39, 0.29) is 19.8 Å². The quantitative estimate of drug-likeness (QED) is 0.137. The van der Waals surface area contributed by atoms with Gasteiger partial charge < -0.3 is 45.0 Å². The number of rotatable bonds is 13. The second-order valence-electron chi connectivity index (χ2n) is 6.10. The summed E-state index contributed by atoms with van der Waals surface area (Å²) in [4.78, 5) is 0. The van der Waals surface area contributed by atoms with Gasteiger partial charge in [-0.1, -0.05) is 6.92 Å². The van der Waals surface area contributed by atoms with Crippen LogP contribution in [0.5, 0.6) is 0 Å². The molecule has 0 bridgehead atoms. The van der Waals surface area contributed by atoms with Gasteiger partial charge in [-0.25, -0.2) is 5.84 Å². The molecule has 10 nitrogen and oxygen atoms in total. The Morgan fingerprint density at radius 3 is 2.35 bits per heavy atom. The Kier molecular flexibility index (Phi) is 11.7. The number of hydrogen-bond acceptors (Lipinski definition) is 10. The van der Waals surface area contributed by atoms with Gasteiger partial charge in [-0.2, -0.15) is 0 Å². The minimum absolute atomic E-state index is 0.0669. The third-order valence-corrected chi connectivity index (χ3v) is 3.69. The molecule has 4 unspecified atom stereocenters. The number of hydrazine groups is 1. The summed E-state index contributed by atoms with van der Waals surface area (Å²) in [7, 11) is 0. The van der Waals surface area contributed by atoms with Gasteiger partial charge in [0.25, 0.3) is 0 Å². The van der Waals surface area contributed by atoms with Crippen LogP contribution in [0.2, 0.25) is 0 Å². The van der Waals surface area contributed by atoms with Crippen LogP contribution in [0.25, 0.3) is 0 Å². The molecule has 0 amide bonds. The standard InChI is InChI=1S/C16H33N3O7/c1-2-3-23-4-5-24-6-7-25-10-12(17)8-19(18)9-14-16(22)15(21)13(20)11-26-14/h8,13-16,20-22H,2-7,9-11,17-18H2,1H3/b12-8-. The molecule has 154 valence electrons. The van der Waals surface area contributed by atoms with Crippen LogP contribution in [0.4, 0.5) is 0 Å². The fourth-order valence-electron chi connectivity index (χ4n) is 2.31. The Bertz CT molecular complexity index is 400. The molecule has 4 atom stereocenters. The number of aliphatic hydroxyl groups excluding tert-OH is 3. The molecule has 0 aromatic carbocycles. The summed E-state index contributed by atoms with van der Waals surface area (Å²) >= 11 is 0. The topological polar surface area (TPSA) is 153 Å². The second-order valence-corrected chi connectivity index (χ2v) is 6.10. The van der Waals surface area contributed by atoms with Crippen molar-refractivity contribution in [1.82, 2.24) is 5.01 Å². The molecule has 0 radical (unpaired) electrons. The molecule has 0 aromatic rings. The largest absolute Gasteiger partial charge is 0.399 e. The van der Waals surface area contributed by atoms with Crippen LogP contribution < -0.4 is 11.6 Å². The molecule has 1 aliphatic rings. The zero-order valence-corrected chi connectivity index (χ0v) is 15.3. The number of ether oxygens (including phenoxy) is 4. The Morgan fingerprint density at radius 1 is 1.08 bits per heavy atom. The van der Waals surface area contributed by atoms with Crippen LogP contribution in [0, 0.1) is 0 Å². The van der Waals surface area contributed by atoms with Crippen LogP contribution in [-0.2, 0) is 18.9 Å². The van der Waals surface area contributed by atoms with E-state index >= 15 is 0 Å². The van der Waals surface area contributed by atoms with Crippen LogP contribution in [-0.4, -0.2) is 97.5 Å². The molecule has 0 aliphatic carbocycles. The van der Waals surface area contributed by atoms with Crippen LogP contribution in [0.15, 0.2) is 11.9 Å². The van der Waals surface area contributed by atoms with E-state index in [1.165, 1.54) is 11.2 Å². The highest BCUT2D eigenvalue weighted by Crippen LogP contribution is 2.16. The van der Waals surface area contributed by atoms with Gasteiger partial charge >= 0.3 is 0 Å². The lowest BCUT2D eigenvalue weighted by Crippen LogP contribution is -2.56. The smallest absolute Gasteiger partial charge is 0.111 e. The van der Waals surface area contributed by atoms with Gasteiger partial charge in [0.15, 0.2) is 0 Å². The van der Waals surface area contributed by atoms with Crippen molar-refractivity contribution >= 4 is 0 Å². The third kappa shape index (κ3) is 9.10. The van der Waals surface area contributed by atoms with Crippen LogP contribution in [0.1, 0.15) is 13.3 Å². The van der Waals surface area contributed by atoms with E-state index < -0.39 is 24.4 Å². The van der Waals surface area contributed by atoms with E-state index in [4.69, 9.17) is 30.5 Å². The van der Waals surface area contributed by atoms with Gasteiger partial charge in [0.05, 0.1) is 51.9 Å². The van der Waals surface area contributed by atoms with Crippen molar-refractivity contribution in [1.29, 1.82) is 0 Å². The average molecular weight is 379 g/mol. The number of nitrogens with two attached hydrogens (primary N) is 2. The predicted molar refractivity (Wildman–Crippen MR) is 93.7 cm³/mol. The summed E-state index contributed by atoms with van der Waals surface area (Å²) in [6.07, 6.45) is -1.88. The zero-order chi connectivity index (χ0) is 19.4. The van der Waals surface area contributed by atoms with E-state index in [1.54, 1.807) is 0 Å². The lowest BCUT2D eigenvalue weighted by atomic mass is 10.00. The Hall–Kier alpha value is -0.980. The van der Waals surface area contributed by atoms with Crippen molar-refractivity contribution in [2.75, 3.05) is 52.8 Å². The van der Waals surface area contributed by atoms with Crippen molar-refractivity contribution in [3.8, 4) is 0 Å². The first kappa shape index (κ1) is 23.1. The highest BCUT2D eigenvalue weighted by Gasteiger charge is 2.37. The summed E-state index contributed by atoms with van der Waals surface area (Å²) in [6, 6.07) is 0. The van der Waals surface area contributed by atoms with E-state index in [0.29, 0.717) is 32.1 Å². The fraction of sp³-hybridized carbons (Fsp3) is 0.875. The van der Waals surface area contributed by atoms with E-state index in [0.717, 1.165) is 13.0 Å². The molecule has 0 spiro atoms. The molecule has 7 N–H and O–H groups in total. The van der Waals surface area contributed by atoms with Crippen molar-refractivity contribution in [2.45, 2.75) is 37.8 Å². The summed E-state index contributed by atoms with van der Waals surface area (Å²) in [5.41, 5.74) is 6.21. The van der Waals surface area contributed by atoms with Crippen molar-refractivity contribution in [3.05, 3.63) is 11.9 Å². The van der Waals surface area contributed by atoms with Gasteiger partial charge in [-0.05, 0) is 6.42 Å². The highest BCUT2D eigenvalue weighted by molar-refractivity contribution is 4.97. The molecule has 1 aliphatic heterocycles. The predicted octanol–water partition coefficient (Wildman–Crippen LogP) is -2.10.